The summed E-state index contributed by atoms with van der Waals surface area (Å²) >= 11 is 0. The highest BCUT2D eigenvalue weighted by atomic mass is 19.4. The number of hydrogen-bond acceptors (Lipinski definition) is 5. The normalized spacial score (nSPS) is 10.9. The van der Waals surface area contributed by atoms with Crippen LogP contribution in [-0.2, 0) is 6.18 Å². The molecule has 0 bridgehead atoms. The van der Waals surface area contributed by atoms with E-state index in [9.17, 15) is 17.6 Å². The molecule has 3 rings (SSSR count). The Kier molecular flexibility index (Phi) is 7.83. The Labute approximate surface area is 199 Å². The Balaban J connectivity index is 2.11. The maximum atomic E-state index is 14.0. The summed E-state index contributed by atoms with van der Waals surface area (Å²) in [6, 6.07) is 10.5. The van der Waals surface area contributed by atoms with Crippen LogP contribution in [0.4, 0.5) is 28.9 Å². The maximum absolute atomic E-state index is 14.0. The molecule has 3 aromatic rings. The minimum absolute atomic E-state index is 0.00239. The van der Waals surface area contributed by atoms with Crippen molar-refractivity contribution in [2.75, 3.05) is 17.2 Å². The number of pyridine rings is 1. The van der Waals surface area contributed by atoms with E-state index < -0.39 is 17.6 Å². The molecule has 0 amide bonds. The monoisotopic (exact) mass is 486 g/mol. The van der Waals surface area contributed by atoms with Gasteiger partial charge in [0.15, 0.2) is 5.75 Å². The van der Waals surface area contributed by atoms with E-state index in [1.807, 2.05) is 6.92 Å². The molecule has 0 aliphatic carbocycles. The first kappa shape index (κ1) is 25.4. The third-order valence-corrected chi connectivity index (χ3v) is 4.98. The van der Waals surface area contributed by atoms with E-state index in [4.69, 9.17) is 10.4 Å². The van der Waals surface area contributed by atoms with E-state index in [0.717, 1.165) is 12.5 Å². The molecule has 0 saturated heterocycles. The van der Waals surface area contributed by atoms with E-state index in [1.54, 1.807) is 6.07 Å². The Morgan fingerprint density at radius 3 is 2.60 bits per heavy atom. The largest absolute Gasteiger partial charge is 0.417 e. The van der Waals surface area contributed by atoms with Crippen LogP contribution in [0.2, 0.25) is 0 Å². The smallest absolute Gasteiger partial charge is 0.390 e. The number of hydrogen-bond donors (Lipinski definition) is 2. The van der Waals surface area contributed by atoms with Crippen LogP contribution in [-0.4, -0.2) is 11.5 Å². The number of anilines is 2. The molecule has 35 heavy (non-hydrogen) atoms. The van der Waals surface area contributed by atoms with Crippen molar-refractivity contribution in [2.24, 2.45) is 5.28 Å². The van der Waals surface area contributed by atoms with Gasteiger partial charge in [-0.25, -0.2) is 9.37 Å². The van der Waals surface area contributed by atoms with Gasteiger partial charge in [0, 0.05) is 34.0 Å². The number of alkyl halides is 3. The zero-order valence-corrected chi connectivity index (χ0v) is 18.9. The van der Waals surface area contributed by atoms with Gasteiger partial charge in [0.2, 0.25) is 0 Å². The van der Waals surface area contributed by atoms with Crippen LogP contribution in [0.1, 0.15) is 30.2 Å². The molecule has 182 valence electrons. The molecule has 1 heterocycles. The van der Waals surface area contributed by atoms with Gasteiger partial charge in [-0.05, 0) is 49.2 Å². The second-order valence-electron chi connectivity index (χ2n) is 7.50. The fourth-order valence-electron chi connectivity index (χ4n) is 3.43. The highest BCUT2D eigenvalue weighted by Gasteiger charge is 2.34. The maximum Gasteiger partial charge on any atom is 0.417 e. The molecule has 0 saturated carbocycles. The predicted molar refractivity (Wildman–Crippen MR) is 127 cm³/mol. The van der Waals surface area contributed by atoms with E-state index in [1.165, 1.54) is 43.3 Å². The molecular formula is C24H22F4N6O. The summed E-state index contributed by atoms with van der Waals surface area (Å²) in [4.78, 5) is 11.9. The fraction of sp³-hybridized carbons (Fsp3) is 0.208. The Morgan fingerprint density at radius 2 is 1.91 bits per heavy atom. The number of rotatable bonds is 9. The van der Waals surface area contributed by atoms with Gasteiger partial charge in [-0.15, -0.1) is 0 Å². The van der Waals surface area contributed by atoms with Crippen LogP contribution >= 0.6 is 0 Å². The molecule has 2 N–H and O–H groups in total. The average molecular weight is 486 g/mol. The van der Waals surface area contributed by atoms with Crippen molar-refractivity contribution in [3.8, 4) is 17.0 Å². The van der Waals surface area contributed by atoms with Crippen LogP contribution < -0.4 is 15.5 Å². The lowest BCUT2D eigenvalue weighted by Gasteiger charge is -2.19. The van der Waals surface area contributed by atoms with Crippen LogP contribution in [0.3, 0.4) is 0 Å². The Hall–Kier alpha value is -4.24. The van der Waals surface area contributed by atoms with Gasteiger partial charge < -0.3 is 15.5 Å². The van der Waals surface area contributed by atoms with Gasteiger partial charge in [0.25, 0.3) is 0 Å². The number of halogens is 4. The summed E-state index contributed by atoms with van der Waals surface area (Å²) in [7, 11) is 0. The number of azide groups is 1. The summed E-state index contributed by atoms with van der Waals surface area (Å²) in [6.07, 6.45) is -3.78. The first-order chi connectivity index (χ1) is 16.7. The number of aryl methyl sites for hydroxylation is 1. The van der Waals surface area contributed by atoms with Gasteiger partial charge in [-0.1, -0.05) is 31.7 Å². The molecule has 7 nitrogen and oxygen atoms in total. The van der Waals surface area contributed by atoms with Gasteiger partial charge in [-0.3, -0.25) is 0 Å². The number of nitrogens with one attached hydrogen (secondary N) is 2. The van der Waals surface area contributed by atoms with Crippen molar-refractivity contribution in [3.63, 3.8) is 0 Å². The van der Waals surface area contributed by atoms with Crippen LogP contribution in [0.25, 0.3) is 27.4 Å². The molecule has 0 fully saturated rings. The number of aromatic nitrogens is 1. The lowest BCUT2D eigenvalue weighted by Crippen LogP contribution is -2.09. The van der Waals surface area contributed by atoms with Crippen molar-refractivity contribution in [1.82, 2.24) is 4.98 Å². The molecule has 0 aliphatic rings. The topological polar surface area (TPSA) is 94.9 Å². The van der Waals surface area contributed by atoms with Crippen molar-refractivity contribution >= 4 is 17.1 Å². The SMILES string of the molecule is C=C(Nc1cc(-c2ccccc2C(F)(F)F)nc(C)c1ON=[N+]=[N-])c1cc(F)ccc1NCCC. The lowest BCUT2D eigenvalue weighted by molar-refractivity contribution is -0.137. The molecule has 0 radical (unpaired) electrons. The van der Waals surface area contributed by atoms with Crippen LogP contribution in [0.15, 0.2) is 60.4 Å². The quantitative estimate of drug-likeness (QED) is 0.106. The van der Waals surface area contributed by atoms with Crippen molar-refractivity contribution in [2.45, 2.75) is 26.4 Å². The van der Waals surface area contributed by atoms with Crippen molar-refractivity contribution < 1.29 is 22.4 Å². The van der Waals surface area contributed by atoms with Gasteiger partial charge in [-0.2, -0.15) is 13.2 Å². The Morgan fingerprint density at radius 1 is 1.17 bits per heavy atom. The molecule has 2 aromatic carbocycles. The first-order valence-electron chi connectivity index (χ1n) is 10.5. The minimum atomic E-state index is -4.61. The standard InChI is InChI=1S/C24H22F4N6O/c1-4-11-30-20-10-9-16(25)12-18(20)14(2)31-22-13-21(32-15(3)23(22)35-34-33-29)17-7-5-6-8-19(17)24(26,27)28/h5-10,12-13,30H,2,4,11H2,1,3H3,(H,31,32). The average Bonchev–Trinajstić information content (AvgIpc) is 2.82. The predicted octanol–water partition coefficient (Wildman–Crippen LogP) is 7.72. The third kappa shape index (κ3) is 6.01. The van der Waals surface area contributed by atoms with E-state index in [2.05, 4.69) is 32.4 Å². The van der Waals surface area contributed by atoms with Crippen molar-refractivity contribution in [3.05, 3.63) is 88.2 Å². The second-order valence-corrected chi connectivity index (χ2v) is 7.50. The number of nitrogens with zero attached hydrogens (tertiary/aromatic N) is 4. The minimum Gasteiger partial charge on any atom is -0.390 e. The van der Waals surface area contributed by atoms with Gasteiger partial charge >= 0.3 is 6.18 Å². The summed E-state index contributed by atoms with van der Waals surface area (Å²) in [5.74, 6) is -0.516. The summed E-state index contributed by atoms with van der Waals surface area (Å²) in [6.45, 7) is 8.06. The summed E-state index contributed by atoms with van der Waals surface area (Å²) in [5.41, 5.74) is 9.20. The van der Waals surface area contributed by atoms with Gasteiger partial charge in [0.1, 0.15) is 11.1 Å². The highest BCUT2D eigenvalue weighted by molar-refractivity contribution is 5.85. The first-order valence-corrected chi connectivity index (χ1v) is 10.5. The van der Waals surface area contributed by atoms with Crippen molar-refractivity contribution in [1.29, 1.82) is 0 Å². The Bertz CT molecular complexity index is 1290. The molecular weight excluding hydrogens is 464 g/mol. The molecule has 0 atom stereocenters. The molecule has 11 heteroatoms. The third-order valence-electron chi connectivity index (χ3n) is 4.98. The molecule has 0 spiro atoms. The molecule has 0 unspecified atom stereocenters. The van der Waals surface area contributed by atoms with Crippen LogP contribution in [0.5, 0.6) is 5.75 Å². The van der Waals surface area contributed by atoms with Gasteiger partial charge in [0.05, 0.1) is 22.6 Å². The number of benzene rings is 2. The van der Waals surface area contributed by atoms with E-state index in [0.29, 0.717) is 17.8 Å². The lowest BCUT2D eigenvalue weighted by atomic mass is 10.0. The molecule has 1 aromatic heterocycles. The fourth-order valence-corrected chi connectivity index (χ4v) is 3.43. The van der Waals surface area contributed by atoms with E-state index in [-0.39, 0.29) is 34.1 Å². The van der Waals surface area contributed by atoms with E-state index >= 15 is 0 Å². The summed E-state index contributed by atoms with van der Waals surface area (Å²) in [5, 5.41) is 9.23. The second kappa shape index (κ2) is 10.8. The molecule has 0 aliphatic heterocycles. The zero-order chi connectivity index (χ0) is 25.6. The highest BCUT2D eigenvalue weighted by Crippen LogP contribution is 2.40. The zero-order valence-electron chi connectivity index (χ0n) is 18.9. The summed E-state index contributed by atoms with van der Waals surface area (Å²) < 4.78 is 54.9. The van der Waals surface area contributed by atoms with Crippen LogP contribution in [0, 0.1) is 12.7 Å².